The third kappa shape index (κ3) is 2.44. The van der Waals surface area contributed by atoms with Gasteiger partial charge >= 0.3 is 0 Å². The molecule has 0 saturated carbocycles. The highest BCUT2D eigenvalue weighted by molar-refractivity contribution is 4.93. The second kappa shape index (κ2) is 5.29. The van der Waals surface area contributed by atoms with Gasteiger partial charge in [-0.1, -0.05) is 12.2 Å². The summed E-state index contributed by atoms with van der Waals surface area (Å²) >= 11 is 0. The van der Waals surface area contributed by atoms with Crippen molar-refractivity contribution in [1.82, 2.24) is 0 Å². The first-order valence-corrected chi connectivity index (χ1v) is 4.94. The minimum Gasteiger partial charge on any atom is -0.383 e. The zero-order chi connectivity index (χ0) is 10.4. The molecule has 0 aromatic rings. The molecular formula is C11H18O3. The second-order valence-electron chi connectivity index (χ2n) is 3.40. The quantitative estimate of drug-likeness (QED) is 0.682. The van der Waals surface area contributed by atoms with Gasteiger partial charge in [-0.25, -0.2) is 0 Å². The van der Waals surface area contributed by atoms with Gasteiger partial charge in [0, 0.05) is 6.42 Å². The molecule has 14 heavy (non-hydrogen) atoms. The summed E-state index contributed by atoms with van der Waals surface area (Å²) in [6.45, 7) is 8.13. The van der Waals surface area contributed by atoms with E-state index in [2.05, 4.69) is 13.2 Å². The summed E-state index contributed by atoms with van der Waals surface area (Å²) in [7, 11) is 0. The molecular weight excluding hydrogens is 180 g/mol. The standard InChI is InChI=1S/C11H18O3/c1-3-8-13-11(10(12)4-2)7-5-6-9-14-11/h3-4,10,12H,1-2,5-9H2/t10?,11-/m1/s1. The molecule has 0 aromatic carbocycles. The number of aliphatic hydroxyl groups excluding tert-OH is 1. The molecule has 0 radical (unpaired) electrons. The second-order valence-corrected chi connectivity index (χ2v) is 3.40. The van der Waals surface area contributed by atoms with Crippen molar-refractivity contribution < 1.29 is 14.6 Å². The van der Waals surface area contributed by atoms with Gasteiger partial charge < -0.3 is 14.6 Å². The molecule has 3 heteroatoms. The molecule has 1 N–H and O–H groups in total. The smallest absolute Gasteiger partial charge is 0.198 e. The van der Waals surface area contributed by atoms with E-state index in [1.54, 1.807) is 6.08 Å². The normalized spacial score (nSPS) is 29.5. The fraction of sp³-hybridized carbons (Fsp3) is 0.636. The van der Waals surface area contributed by atoms with Crippen LogP contribution in [-0.4, -0.2) is 30.2 Å². The van der Waals surface area contributed by atoms with E-state index < -0.39 is 11.9 Å². The molecule has 2 atom stereocenters. The topological polar surface area (TPSA) is 38.7 Å². The fourth-order valence-electron chi connectivity index (χ4n) is 1.60. The predicted octanol–water partition coefficient (Wildman–Crippen LogP) is 1.63. The van der Waals surface area contributed by atoms with Crippen LogP contribution in [0.2, 0.25) is 0 Å². The Kier molecular flexibility index (Phi) is 4.32. The molecule has 0 aliphatic carbocycles. The summed E-state index contributed by atoms with van der Waals surface area (Å²) < 4.78 is 11.0. The maximum absolute atomic E-state index is 9.76. The van der Waals surface area contributed by atoms with Crippen LogP contribution < -0.4 is 0 Å². The Morgan fingerprint density at radius 1 is 1.50 bits per heavy atom. The highest BCUT2D eigenvalue weighted by Gasteiger charge is 2.39. The lowest BCUT2D eigenvalue weighted by molar-refractivity contribution is -0.284. The Morgan fingerprint density at radius 3 is 2.79 bits per heavy atom. The van der Waals surface area contributed by atoms with Gasteiger partial charge in [0.05, 0.1) is 13.2 Å². The Labute approximate surface area is 85.0 Å². The first kappa shape index (κ1) is 11.4. The van der Waals surface area contributed by atoms with Crippen LogP contribution in [0.4, 0.5) is 0 Å². The highest BCUT2D eigenvalue weighted by Crippen LogP contribution is 2.30. The summed E-state index contributed by atoms with van der Waals surface area (Å²) in [4.78, 5) is 0. The zero-order valence-electron chi connectivity index (χ0n) is 8.45. The zero-order valence-corrected chi connectivity index (χ0v) is 8.45. The first-order chi connectivity index (χ1) is 6.75. The average molecular weight is 198 g/mol. The van der Waals surface area contributed by atoms with Crippen LogP contribution in [0.5, 0.6) is 0 Å². The van der Waals surface area contributed by atoms with Crippen LogP contribution in [0.25, 0.3) is 0 Å². The van der Waals surface area contributed by atoms with Gasteiger partial charge in [-0.15, -0.1) is 13.2 Å². The van der Waals surface area contributed by atoms with E-state index in [1.807, 2.05) is 0 Å². The Hall–Kier alpha value is -0.640. The summed E-state index contributed by atoms with van der Waals surface area (Å²) in [5.41, 5.74) is 0. The number of rotatable bonds is 5. The van der Waals surface area contributed by atoms with Crippen LogP contribution in [0, 0.1) is 0 Å². The van der Waals surface area contributed by atoms with E-state index in [0.29, 0.717) is 19.6 Å². The molecule has 0 aromatic heterocycles. The number of hydrogen-bond acceptors (Lipinski definition) is 3. The average Bonchev–Trinajstić information content (AvgIpc) is 2.26. The van der Waals surface area contributed by atoms with Crippen LogP contribution in [0.3, 0.4) is 0 Å². The number of aliphatic hydroxyl groups is 1. The number of ether oxygens (including phenoxy) is 2. The van der Waals surface area contributed by atoms with E-state index in [4.69, 9.17) is 9.47 Å². The minimum atomic E-state index is -0.895. The lowest BCUT2D eigenvalue weighted by Gasteiger charge is -2.39. The van der Waals surface area contributed by atoms with Crippen molar-refractivity contribution in [2.45, 2.75) is 31.2 Å². The van der Waals surface area contributed by atoms with Crippen molar-refractivity contribution in [3.63, 3.8) is 0 Å². The van der Waals surface area contributed by atoms with Crippen LogP contribution in [0.15, 0.2) is 25.3 Å². The fourth-order valence-corrected chi connectivity index (χ4v) is 1.60. The lowest BCUT2D eigenvalue weighted by Crippen LogP contribution is -2.48. The monoisotopic (exact) mass is 198 g/mol. The highest BCUT2D eigenvalue weighted by atomic mass is 16.7. The molecule has 0 spiro atoms. The molecule has 1 rings (SSSR count). The van der Waals surface area contributed by atoms with Crippen molar-refractivity contribution in [3.05, 3.63) is 25.3 Å². The molecule has 0 bridgehead atoms. The van der Waals surface area contributed by atoms with Crippen LogP contribution in [-0.2, 0) is 9.47 Å². The van der Waals surface area contributed by atoms with E-state index in [1.165, 1.54) is 6.08 Å². The van der Waals surface area contributed by atoms with Crippen molar-refractivity contribution in [3.8, 4) is 0 Å². The summed E-state index contributed by atoms with van der Waals surface area (Å²) in [5.74, 6) is -0.895. The van der Waals surface area contributed by atoms with Gasteiger partial charge in [-0.3, -0.25) is 0 Å². The van der Waals surface area contributed by atoms with Crippen LogP contribution in [0.1, 0.15) is 19.3 Å². The molecule has 1 aliphatic rings. The van der Waals surface area contributed by atoms with Crippen molar-refractivity contribution in [2.75, 3.05) is 13.2 Å². The summed E-state index contributed by atoms with van der Waals surface area (Å²) in [6.07, 6.45) is 5.05. The molecule has 3 nitrogen and oxygen atoms in total. The van der Waals surface area contributed by atoms with Gasteiger partial charge in [0.2, 0.25) is 0 Å². The SMILES string of the molecule is C=CCO[C@]1(C(O)C=C)CCCCO1. The number of hydrogen-bond donors (Lipinski definition) is 1. The van der Waals surface area contributed by atoms with Gasteiger partial charge in [-0.05, 0) is 12.8 Å². The van der Waals surface area contributed by atoms with Gasteiger partial charge in [0.1, 0.15) is 6.10 Å². The predicted molar refractivity (Wildman–Crippen MR) is 54.9 cm³/mol. The lowest BCUT2D eigenvalue weighted by atomic mass is 10.00. The van der Waals surface area contributed by atoms with E-state index in [9.17, 15) is 5.11 Å². The molecule has 1 heterocycles. The molecule has 0 amide bonds. The van der Waals surface area contributed by atoms with Crippen LogP contribution >= 0.6 is 0 Å². The third-order valence-electron chi connectivity index (χ3n) is 2.39. The Balaban J connectivity index is 2.65. The van der Waals surface area contributed by atoms with Crippen molar-refractivity contribution in [1.29, 1.82) is 0 Å². The van der Waals surface area contributed by atoms with Gasteiger partial charge in [0.15, 0.2) is 5.79 Å². The summed E-state index contributed by atoms with van der Waals surface area (Å²) in [5, 5.41) is 9.76. The Bertz CT molecular complexity index is 195. The first-order valence-electron chi connectivity index (χ1n) is 4.94. The Morgan fingerprint density at radius 2 is 2.29 bits per heavy atom. The van der Waals surface area contributed by atoms with E-state index in [0.717, 1.165) is 12.8 Å². The maximum atomic E-state index is 9.76. The molecule has 1 aliphatic heterocycles. The van der Waals surface area contributed by atoms with Crippen molar-refractivity contribution in [2.24, 2.45) is 0 Å². The molecule has 1 unspecified atom stereocenters. The molecule has 80 valence electrons. The van der Waals surface area contributed by atoms with Crippen molar-refractivity contribution >= 4 is 0 Å². The van der Waals surface area contributed by atoms with E-state index >= 15 is 0 Å². The largest absolute Gasteiger partial charge is 0.383 e. The maximum Gasteiger partial charge on any atom is 0.198 e. The summed E-state index contributed by atoms with van der Waals surface area (Å²) in [6, 6.07) is 0. The molecule has 1 fully saturated rings. The third-order valence-corrected chi connectivity index (χ3v) is 2.39. The minimum absolute atomic E-state index is 0.380. The molecule has 1 saturated heterocycles. The van der Waals surface area contributed by atoms with Gasteiger partial charge in [-0.2, -0.15) is 0 Å². The van der Waals surface area contributed by atoms with Gasteiger partial charge in [0.25, 0.3) is 0 Å². The van der Waals surface area contributed by atoms with E-state index in [-0.39, 0.29) is 0 Å².